The summed E-state index contributed by atoms with van der Waals surface area (Å²) in [5, 5.41) is 3.03. The van der Waals surface area contributed by atoms with Crippen molar-refractivity contribution in [1.29, 1.82) is 0 Å². The summed E-state index contributed by atoms with van der Waals surface area (Å²) in [7, 11) is 2.09. The Kier molecular flexibility index (Phi) is 11.6. The van der Waals surface area contributed by atoms with Crippen LogP contribution in [-0.4, -0.2) is 110 Å². The van der Waals surface area contributed by atoms with Crippen molar-refractivity contribution in [1.82, 2.24) is 15.1 Å². The molecule has 4 heterocycles. The van der Waals surface area contributed by atoms with E-state index in [9.17, 15) is 14.4 Å². The van der Waals surface area contributed by atoms with Gasteiger partial charge in [-0.15, -0.1) is 0 Å². The smallest absolute Gasteiger partial charge is 0.303 e. The first-order valence-electron chi connectivity index (χ1n) is 15.8. The van der Waals surface area contributed by atoms with Gasteiger partial charge in [0.25, 0.3) is 0 Å². The average Bonchev–Trinajstić information content (AvgIpc) is 3.68. The molecule has 1 spiro atoms. The molecule has 10 heteroatoms. The molecule has 4 saturated heterocycles. The van der Waals surface area contributed by atoms with Crippen LogP contribution in [0, 0.1) is 5.92 Å². The van der Waals surface area contributed by atoms with E-state index < -0.39 is 6.10 Å². The molecule has 43 heavy (non-hydrogen) atoms. The number of hydrogen-bond donors (Lipinski definition) is 1. The van der Waals surface area contributed by atoms with Crippen molar-refractivity contribution in [2.45, 2.75) is 109 Å². The van der Waals surface area contributed by atoms with Gasteiger partial charge in [0, 0.05) is 52.0 Å². The Morgan fingerprint density at radius 2 is 1.79 bits per heavy atom. The van der Waals surface area contributed by atoms with Gasteiger partial charge in [0.15, 0.2) is 0 Å². The molecule has 10 nitrogen and oxygen atoms in total. The predicted octanol–water partition coefficient (Wildman–Crippen LogP) is 3.17. The fourth-order valence-electron chi connectivity index (χ4n) is 6.26. The summed E-state index contributed by atoms with van der Waals surface area (Å²) in [6.45, 7) is 13.4. The van der Waals surface area contributed by atoms with Crippen molar-refractivity contribution in [2.75, 3.05) is 39.8 Å². The van der Waals surface area contributed by atoms with Crippen LogP contribution >= 0.6 is 0 Å². The highest BCUT2D eigenvalue weighted by atomic mass is 16.6. The summed E-state index contributed by atoms with van der Waals surface area (Å²) in [5.41, 5.74) is 0.998. The number of nitrogens with zero attached hydrogens (tertiary/aromatic N) is 2. The van der Waals surface area contributed by atoms with Crippen molar-refractivity contribution in [3.8, 4) is 0 Å². The van der Waals surface area contributed by atoms with Gasteiger partial charge in [-0.25, -0.2) is 0 Å². The van der Waals surface area contributed by atoms with Gasteiger partial charge >= 0.3 is 5.97 Å². The summed E-state index contributed by atoms with van der Waals surface area (Å²) < 4.78 is 23.6. The third kappa shape index (κ3) is 10.3. The van der Waals surface area contributed by atoms with Crippen molar-refractivity contribution < 1.29 is 33.3 Å². The molecule has 0 saturated carbocycles. The number of amides is 2. The lowest BCUT2D eigenvalue weighted by Gasteiger charge is -2.39. The minimum Gasteiger partial charge on any atom is -0.459 e. The van der Waals surface area contributed by atoms with Crippen LogP contribution in [0.15, 0.2) is 36.0 Å². The maximum absolute atomic E-state index is 12.9. The van der Waals surface area contributed by atoms with Crippen molar-refractivity contribution in [2.24, 2.45) is 5.92 Å². The second-order valence-electron chi connectivity index (χ2n) is 13.0. The van der Waals surface area contributed by atoms with Crippen LogP contribution in [0.4, 0.5) is 0 Å². The Bertz CT molecular complexity index is 1080. The van der Waals surface area contributed by atoms with E-state index >= 15 is 0 Å². The number of piperazine rings is 1. The second-order valence-corrected chi connectivity index (χ2v) is 13.0. The van der Waals surface area contributed by atoms with Gasteiger partial charge in [-0.05, 0) is 52.7 Å². The number of epoxide rings is 1. The molecule has 4 fully saturated rings. The van der Waals surface area contributed by atoms with E-state index in [2.05, 4.69) is 49.3 Å². The van der Waals surface area contributed by atoms with E-state index in [0.29, 0.717) is 6.42 Å². The van der Waals surface area contributed by atoms with Crippen LogP contribution in [0.5, 0.6) is 0 Å². The Labute approximate surface area is 256 Å². The highest BCUT2D eigenvalue weighted by Gasteiger charge is 2.51. The van der Waals surface area contributed by atoms with Crippen LogP contribution in [0.2, 0.25) is 0 Å². The zero-order valence-corrected chi connectivity index (χ0v) is 26.8. The molecular formula is C33H51N3O7. The molecule has 4 aliphatic rings. The van der Waals surface area contributed by atoms with E-state index in [1.807, 2.05) is 11.8 Å². The molecular weight excluding hydrogens is 550 g/mol. The van der Waals surface area contributed by atoms with Crippen LogP contribution in [0.25, 0.3) is 0 Å². The molecule has 0 bridgehead atoms. The third-order valence-corrected chi connectivity index (χ3v) is 9.01. The average molecular weight is 602 g/mol. The lowest BCUT2D eigenvalue weighted by Crippen LogP contribution is -2.50. The van der Waals surface area contributed by atoms with E-state index in [0.717, 1.165) is 64.0 Å². The predicted molar refractivity (Wildman–Crippen MR) is 163 cm³/mol. The Balaban J connectivity index is 1.23. The monoisotopic (exact) mass is 601 g/mol. The number of ether oxygens (including phenoxy) is 4. The van der Waals surface area contributed by atoms with Gasteiger partial charge in [-0.3, -0.25) is 14.4 Å². The first kappa shape index (κ1) is 33.4. The normalized spacial score (nSPS) is 34.5. The summed E-state index contributed by atoms with van der Waals surface area (Å²) in [4.78, 5) is 40.6. The number of carbonyl (C=O) groups excluding carboxylic acids is 3. The van der Waals surface area contributed by atoms with Gasteiger partial charge in [-0.2, -0.15) is 0 Å². The Morgan fingerprint density at radius 3 is 2.47 bits per heavy atom. The number of carbonyl (C=O) groups is 3. The Hall–Kier alpha value is -2.53. The molecule has 4 rings (SSSR count). The number of esters is 1. The molecule has 0 aromatic rings. The molecule has 0 aromatic carbocycles. The van der Waals surface area contributed by atoms with Crippen molar-refractivity contribution in [3.63, 3.8) is 0 Å². The van der Waals surface area contributed by atoms with Gasteiger partial charge in [-0.1, -0.05) is 30.7 Å². The zero-order valence-electron chi connectivity index (χ0n) is 26.8. The van der Waals surface area contributed by atoms with Crippen LogP contribution < -0.4 is 5.32 Å². The lowest BCUT2D eigenvalue weighted by molar-refractivity contribution is -0.143. The fraction of sp³-hybridized carbons (Fsp3) is 0.727. The van der Waals surface area contributed by atoms with E-state index in [-0.39, 0.29) is 59.8 Å². The molecule has 2 amide bonds. The number of rotatable bonds is 10. The highest BCUT2D eigenvalue weighted by molar-refractivity contribution is 5.87. The zero-order chi connectivity index (χ0) is 31.1. The molecule has 0 aromatic heterocycles. The fourth-order valence-corrected chi connectivity index (χ4v) is 6.26. The van der Waals surface area contributed by atoms with Crippen LogP contribution in [-0.2, 0) is 33.3 Å². The molecule has 0 aliphatic carbocycles. The largest absolute Gasteiger partial charge is 0.459 e. The lowest BCUT2D eigenvalue weighted by atomic mass is 9.88. The minimum atomic E-state index is -0.457. The number of likely N-dealkylation sites (N-methyl/N-ethyl adjacent to an activating group) is 1. The number of nitrogens with one attached hydrogen (secondary N) is 1. The molecule has 1 N–H and O–H groups in total. The van der Waals surface area contributed by atoms with Crippen molar-refractivity contribution >= 4 is 17.8 Å². The van der Waals surface area contributed by atoms with E-state index in [1.165, 1.54) is 13.0 Å². The number of allylic oxidation sites excluding steroid dienone is 2. The van der Waals surface area contributed by atoms with Crippen LogP contribution in [0.1, 0.15) is 66.7 Å². The van der Waals surface area contributed by atoms with Gasteiger partial charge in [0.1, 0.15) is 6.10 Å². The van der Waals surface area contributed by atoms with Crippen molar-refractivity contribution in [3.05, 3.63) is 36.0 Å². The quantitative estimate of drug-likeness (QED) is 0.176. The summed E-state index contributed by atoms with van der Waals surface area (Å²) in [6, 6.07) is -0.0890. The summed E-state index contributed by atoms with van der Waals surface area (Å²) in [6.07, 6.45) is 12.3. The third-order valence-electron chi connectivity index (χ3n) is 9.01. The first-order chi connectivity index (χ1) is 20.4. The maximum atomic E-state index is 12.9. The van der Waals surface area contributed by atoms with E-state index in [4.69, 9.17) is 18.9 Å². The number of hydrogen-bond acceptors (Lipinski definition) is 8. The van der Waals surface area contributed by atoms with Gasteiger partial charge in [0.2, 0.25) is 11.8 Å². The standard InChI is InChI=1S/C33H51N3O7/c1-22(8-11-30-23(2)17-29(25(4)42-30)34-31(38)12-9-24(3)41-26(5)37)7-10-27-19-33(21-40-33)20-28(43-27)18-32(39)36-15-13-35(6)14-16-36/h7-10,12,23-25,27-30H,11,13-21H2,1-6H3,(H,34,38)/b10-7+,12-9-,22-8+/t23-,24-,25+,27+,28+,29+,30-,33+/m0/s1. The van der Waals surface area contributed by atoms with Gasteiger partial charge in [0.05, 0.1) is 49.1 Å². The molecule has 0 unspecified atom stereocenters. The Morgan fingerprint density at radius 1 is 1.07 bits per heavy atom. The summed E-state index contributed by atoms with van der Waals surface area (Å²) >= 11 is 0. The highest BCUT2D eigenvalue weighted by Crippen LogP contribution is 2.43. The molecule has 4 aliphatic heterocycles. The molecule has 0 radical (unpaired) electrons. The topological polar surface area (TPSA) is 110 Å². The summed E-state index contributed by atoms with van der Waals surface area (Å²) in [5.74, 6) is -0.156. The second kappa shape index (κ2) is 15.0. The van der Waals surface area contributed by atoms with E-state index in [1.54, 1.807) is 13.0 Å². The van der Waals surface area contributed by atoms with Crippen LogP contribution in [0.3, 0.4) is 0 Å². The minimum absolute atomic E-state index is 0.0602. The molecule has 240 valence electrons. The maximum Gasteiger partial charge on any atom is 0.303 e. The SMILES string of the molecule is CC(=O)O[C@@H](C)/C=C\C(=O)N[C@@H]1C[C@H](C)[C@H](C/C=C(C)/C=C/[C@@H]2C[C@]3(CO3)C[C@@H](CC(=O)N3CCN(C)CC3)O2)O[C@@H]1C. The van der Waals surface area contributed by atoms with Gasteiger partial charge < -0.3 is 34.1 Å². The molecule has 8 atom stereocenters. The first-order valence-corrected chi connectivity index (χ1v) is 15.8.